The second-order valence-electron chi connectivity index (χ2n) is 6.63. The average Bonchev–Trinajstić information content (AvgIpc) is 3.17. The summed E-state index contributed by atoms with van der Waals surface area (Å²) in [4.78, 5) is 28.3. The number of aryl methyl sites for hydroxylation is 1. The maximum atomic E-state index is 12.3. The smallest absolute Gasteiger partial charge is 0.286 e. The van der Waals surface area contributed by atoms with Gasteiger partial charge in [-0.2, -0.15) is 0 Å². The third kappa shape index (κ3) is 4.95. The lowest BCUT2D eigenvalue weighted by molar-refractivity contribution is -0.132. The molecule has 1 fully saturated rings. The van der Waals surface area contributed by atoms with Crippen molar-refractivity contribution < 1.29 is 14.0 Å². The van der Waals surface area contributed by atoms with Crippen LogP contribution in [0.3, 0.4) is 0 Å². The Morgan fingerprint density at radius 2 is 1.92 bits per heavy atom. The summed E-state index contributed by atoms with van der Waals surface area (Å²) in [6, 6.07) is 11.8. The van der Waals surface area contributed by atoms with Gasteiger partial charge in [0.25, 0.3) is 5.91 Å². The van der Waals surface area contributed by atoms with Gasteiger partial charge in [0.05, 0.1) is 6.26 Å². The molecule has 1 aromatic carbocycles. The molecule has 1 aliphatic rings. The van der Waals surface area contributed by atoms with Crippen LogP contribution < -0.4 is 5.32 Å². The van der Waals surface area contributed by atoms with Gasteiger partial charge in [0.2, 0.25) is 5.91 Å². The molecule has 0 aliphatic carbocycles. The summed E-state index contributed by atoms with van der Waals surface area (Å²) in [7, 11) is 0. The Bertz CT molecular complexity index is 735. The van der Waals surface area contributed by atoms with Crippen LogP contribution in [0.4, 0.5) is 0 Å². The van der Waals surface area contributed by atoms with Crippen LogP contribution in [-0.4, -0.2) is 54.3 Å². The maximum Gasteiger partial charge on any atom is 0.286 e. The van der Waals surface area contributed by atoms with E-state index in [0.717, 1.165) is 32.7 Å². The molecule has 2 aromatic rings. The van der Waals surface area contributed by atoms with Crippen molar-refractivity contribution in [2.45, 2.75) is 19.9 Å². The number of piperazine rings is 1. The van der Waals surface area contributed by atoms with Crippen LogP contribution in [0.5, 0.6) is 0 Å². The lowest BCUT2D eigenvalue weighted by atomic mass is 10.1. The van der Waals surface area contributed by atoms with Crippen LogP contribution in [0.25, 0.3) is 0 Å². The first kappa shape index (κ1) is 18.2. The molecular weight excluding hydrogens is 330 g/mol. The topological polar surface area (TPSA) is 65.8 Å². The van der Waals surface area contributed by atoms with Gasteiger partial charge in [0.1, 0.15) is 0 Å². The van der Waals surface area contributed by atoms with Gasteiger partial charge < -0.3 is 14.6 Å². The SMILES string of the molecule is Cc1cccc(CN2CCN(C(=O)CCNC(=O)c3ccco3)CC2)c1. The number of carbonyl (C=O) groups excluding carboxylic acids is 2. The average molecular weight is 355 g/mol. The summed E-state index contributed by atoms with van der Waals surface area (Å²) in [6.45, 7) is 6.56. The second-order valence-corrected chi connectivity index (χ2v) is 6.63. The molecule has 0 atom stereocenters. The molecule has 3 rings (SSSR count). The van der Waals surface area contributed by atoms with E-state index in [9.17, 15) is 9.59 Å². The molecule has 6 heteroatoms. The molecule has 0 spiro atoms. The van der Waals surface area contributed by atoms with Crippen LogP contribution in [0.2, 0.25) is 0 Å². The molecule has 2 amide bonds. The second kappa shape index (κ2) is 8.67. The van der Waals surface area contributed by atoms with E-state index in [-0.39, 0.29) is 17.6 Å². The third-order valence-corrected chi connectivity index (χ3v) is 4.58. The molecule has 26 heavy (non-hydrogen) atoms. The molecule has 1 aliphatic heterocycles. The fourth-order valence-electron chi connectivity index (χ4n) is 3.16. The van der Waals surface area contributed by atoms with Crippen LogP contribution in [-0.2, 0) is 11.3 Å². The first-order valence-corrected chi connectivity index (χ1v) is 8.99. The molecule has 0 radical (unpaired) electrons. The van der Waals surface area contributed by atoms with Gasteiger partial charge in [-0.1, -0.05) is 29.8 Å². The quantitative estimate of drug-likeness (QED) is 0.861. The standard InChI is InChI=1S/C20H25N3O3/c1-16-4-2-5-17(14-16)15-22-9-11-23(12-10-22)19(24)7-8-21-20(25)18-6-3-13-26-18/h2-6,13-14H,7-12,15H2,1H3,(H,21,25). The molecule has 0 saturated carbocycles. The van der Waals surface area contributed by atoms with E-state index in [0.29, 0.717) is 13.0 Å². The van der Waals surface area contributed by atoms with Crippen LogP contribution in [0.15, 0.2) is 47.1 Å². The van der Waals surface area contributed by atoms with E-state index in [1.54, 1.807) is 12.1 Å². The van der Waals surface area contributed by atoms with Gasteiger partial charge in [-0.3, -0.25) is 14.5 Å². The Morgan fingerprint density at radius 1 is 1.12 bits per heavy atom. The molecule has 2 heterocycles. The summed E-state index contributed by atoms with van der Waals surface area (Å²) in [5.41, 5.74) is 2.58. The van der Waals surface area contributed by atoms with Crippen LogP contribution in [0.1, 0.15) is 28.1 Å². The molecule has 1 saturated heterocycles. The summed E-state index contributed by atoms with van der Waals surface area (Å²) >= 11 is 0. The summed E-state index contributed by atoms with van der Waals surface area (Å²) in [5.74, 6) is 0.0629. The van der Waals surface area contributed by atoms with Gasteiger partial charge in [-0.15, -0.1) is 0 Å². The number of amides is 2. The summed E-state index contributed by atoms with van der Waals surface area (Å²) in [5, 5.41) is 2.71. The number of benzene rings is 1. The van der Waals surface area contributed by atoms with Crippen molar-refractivity contribution in [3.8, 4) is 0 Å². The van der Waals surface area contributed by atoms with E-state index < -0.39 is 0 Å². The van der Waals surface area contributed by atoms with Crippen molar-refractivity contribution in [2.24, 2.45) is 0 Å². The molecule has 1 aromatic heterocycles. The van der Waals surface area contributed by atoms with Crippen molar-refractivity contribution in [1.82, 2.24) is 15.1 Å². The van der Waals surface area contributed by atoms with Gasteiger partial charge in [-0.25, -0.2) is 0 Å². The molecule has 0 unspecified atom stereocenters. The van der Waals surface area contributed by atoms with Gasteiger partial charge in [0.15, 0.2) is 5.76 Å². The predicted octanol–water partition coefficient (Wildman–Crippen LogP) is 2.05. The number of hydrogen-bond acceptors (Lipinski definition) is 4. The zero-order valence-electron chi connectivity index (χ0n) is 15.1. The molecule has 1 N–H and O–H groups in total. The number of nitrogens with zero attached hydrogens (tertiary/aromatic N) is 2. The maximum absolute atomic E-state index is 12.3. The number of nitrogens with one attached hydrogen (secondary N) is 1. The Kier molecular flexibility index (Phi) is 6.07. The number of hydrogen-bond donors (Lipinski definition) is 1. The van der Waals surface area contributed by atoms with E-state index in [1.807, 2.05) is 4.90 Å². The lowest BCUT2D eigenvalue weighted by Crippen LogP contribution is -2.48. The van der Waals surface area contributed by atoms with Crippen LogP contribution >= 0.6 is 0 Å². The van der Waals surface area contributed by atoms with Crippen molar-refractivity contribution in [1.29, 1.82) is 0 Å². The van der Waals surface area contributed by atoms with E-state index in [1.165, 1.54) is 17.4 Å². The van der Waals surface area contributed by atoms with Crippen molar-refractivity contribution in [3.63, 3.8) is 0 Å². The Labute approximate surface area is 153 Å². The van der Waals surface area contributed by atoms with Gasteiger partial charge in [0, 0.05) is 45.7 Å². The van der Waals surface area contributed by atoms with E-state index in [2.05, 4.69) is 41.4 Å². The minimum Gasteiger partial charge on any atom is -0.459 e. The highest BCUT2D eigenvalue weighted by Gasteiger charge is 2.21. The first-order valence-electron chi connectivity index (χ1n) is 8.99. The third-order valence-electron chi connectivity index (χ3n) is 4.58. The summed E-state index contributed by atoms with van der Waals surface area (Å²) in [6.07, 6.45) is 1.76. The van der Waals surface area contributed by atoms with E-state index in [4.69, 9.17) is 4.42 Å². The minimum absolute atomic E-state index is 0.0833. The van der Waals surface area contributed by atoms with E-state index >= 15 is 0 Å². The van der Waals surface area contributed by atoms with Crippen molar-refractivity contribution >= 4 is 11.8 Å². The van der Waals surface area contributed by atoms with Gasteiger partial charge in [-0.05, 0) is 24.6 Å². The highest BCUT2D eigenvalue weighted by atomic mass is 16.3. The first-order chi connectivity index (χ1) is 12.6. The van der Waals surface area contributed by atoms with Crippen LogP contribution in [0, 0.1) is 6.92 Å². The minimum atomic E-state index is -0.286. The monoisotopic (exact) mass is 355 g/mol. The normalized spacial score (nSPS) is 15.0. The Morgan fingerprint density at radius 3 is 2.62 bits per heavy atom. The molecule has 138 valence electrons. The Hall–Kier alpha value is -2.60. The molecule has 6 nitrogen and oxygen atoms in total. The zero-order chi connectivity index (χ0) is 18.4. The Balaban J connectivity index is 1.37. The fraction of sp³-hybridized carbons (Fsp3) is 0.400. The fourth-order valence-corrected chi connectivity index (χ4v) is 3.16. The summed E-state index contributed by atoms with van der Waals surface area (Å²) < 4.78 is 5.02. The lowest BCUT2D eigenvalue weighted by Gasteiger charge is -2.35. The highest BCUT2D eigenvalue weighted by Crippen LogP contribution is 2.11. The van der Waals surface area contributed by atoms with Gasteiger partial charge >= 0.3 is 0 Å². The predicted molar refractivity (Wildman–Crippen MR) is 98.7 cm³/mol. The highest BCUT2D eigenvalue weighted by molar-refractivity contribution is 5.91. The van der Waals surface area contributed by atoms with Crippen molar-refractivity contribution in [2.75, 3.05) is 32.7 Å². The van der Waals surface area contributed by atoms with Crippen molar-refractivity contribution in [3.05, 3.63) is 59.5 Å². The zero-order valence-corrected chi connectivity index (χ0v) is 15.1. The number of carbonyl (C=O) groups is 2. The largest absolute Gasteiger partial charge is 0.459 e. The molecule has 0 bridgehead atoms. The molecular formula is C20H25N3O3. The number of rotatable bonds is 6. The number of furan rings is 1.